The highest BCUT2D eigenvalue weighted by atomic mass is 16.5. The van der Waals surface area contributed by atoms with E-state index >= 15 is 0 Å². The molecular formula is C41H53N11O5. The molecule has 302 valence electrons. The summed E-state index contributed by atoms with van der Waals surface area (Å²) in [6.45, 7) is 3.21. The fourth-order valence-electron chi connectivity index (χ4n) is 5.92. The Bertz CT molecular complexity index is 1680. The Morgan fingerprint density at radius 3 is 1.74 bits per heavy atom. The second kappa shape index (κ2) is 25.3. The van der Waals surface area contributed by atoms with Crippen molar-refractivity contribution in [3.8, 4) is 0 Å². The molecule has 0 aliphatic carbocycles. The van der Waals surface area contributed by atoms with E-state index in [9.17, 15) is 19.2 Å². The van der Waals surface area contributed by atoms with Gasteiger partial charge in [0.2, 0.25) is 11.8 Å². The van der Waals surface area contributed by atoms with Gasteiger partial charge in [-0.3, -0.25) is 59.8 Å². The molecule has 6 N–H and O–H groups in total. The first-order valence-electron chi connectivity index (χ1n) is 19.1. The van der Waals surface area contributed by atoms with Crippen LogP contribution < -0.4 is 27.2 Å². The summed E-state index contributed by atoms with van der Waals surface area (Å²) in [6, 6.07) is 23.2. The molecule has 0 fully saturated rings. The number of nitrogens with two attached hydrogens (primary N) is 1. The van der Waals surface area contributed by atoms with E-state index in [1.807, 2.05) is 54.6 Å². The molecule has 0 aromatic carbocycles. The zero-order valence-electron chi connectivity index (χ0n) is 32.4. The van der Waals surface area contributed by atoms with Gasteiger partial charge in [-0.2, -0.15) is 0 Å². The number of nitrogens with one attached hydrogen (secondary N) is 4. The van der Waals surface area contributed by atoms with Gasteiger partial charge in [-0.05, 0) is 81.6 Å². The Kier molecular flexibility index (Phi) is 19.5. The fourth-order valence-corrected chi connectivity index (χ4v) is 5.92. The summed E-state index contributed by atoms with van der Waals surface area (Å²) in [5.74, 6) is -2.20. The highest BCUT2D eigenvalue weighted by Gasteiger charge is 2.24. The summed E-state index contributed by atoms with van der Waals surface area (Å²) in [6.07, 6.45) is 10.3. The molecule has 4 rings (SSSR count). The summed E-state index contributed by atoms with van der Waals surface area (Å²) in [5, 5.41) is 5.39. The second-order valence-corrected chi connectivity index (χ2v) is 13.5. The van der Waals surface area contributed by atoms with Gasteiger partial charge >= 0.3 is 0 Å². The molecule has 0 aliphatic rings. The molecule has 0 bridgehead atoms. The van der Waals surface area contributed by atoms with Gasteiger partial charge in [0.15, 0.2) is 0 Å². The van der Waals surface area contributed by atoms with E-state index in [0.29, 0.717) is 64.8 Å². The molecule has 4 aromatic heterocycles. The SMILES string of the molecule is COCC(=O)NNC(=O)CNC(=O)C(CCCCN(Cc1cc#ccn1)Cc1ccccn1)NC(=O)C(N)CCCCN(Cc1ccccn1)Cc1ccccn1. The Hall–Kier alpha value is -5.86. The Balaban J connectivity index is 1.31. The van der Waals surface area contributed by atoms with Crippen molar-refractivity contribution in [1.29, 1.82) is 0 Å². The molecule has 0 spiro atoms. The highest BCUT2D eigenvalue weighted by molar-refractivity contribution is 5.92. The lowest BCUT2D eigenvalue weighted by Crippen LogP contribution is -2.53. The second-order valence-electron chi connectivity index (χ2n) is 13.5. The summed E-state index contributed by atoms with van der Waals surface area (Å²) < 4.78 is 4.73. The third-order valence-corrected chi connectivity index (χ3v) is 8.80. The number of amides is 4. The van der Waals surface area contributed by atoms with Crippen LogP contribution in [0, 0.1) is 12.1 Å². The number of methoxy groups -OCH3 is 1. The Morgan fingerprint density at radius 2 is 1.23 bits per heavy atom. The maximum atomic E-state index is 13.4. The Labute approximate surface area is 334 Å². The first-order chi connectivity index (χ1) is 27.8. The fraction of sp³-hybridized carbons (Fsp3) is 0.415. The standard InChI is InChI=1S/C41H53N11O5/c1-57-31-39(54)50-49-38(53)26-47-41(56)37(19-7-13-25-52(29-34-16-4-10-22-45-34)30-35-17-5-11-23-46-35)48-40(55)36(42)18-6-12-24-51(27-32-14-2-8-20-43-32)28-33-15-3-9-21-44-33/h2-4,8-10,14-17,20-23,36-37H,6-7,12-13,18-19,24-31,42H2,1H3,(H,47,56)(H,48,55)(H,49,53)(H,50,54). The average Bonchev–Trinajstić information content (AvgIpc) is 3.23. The minimum atomic E-state index is -0.947. The number of hydrazine groups is 1. The molecule has 0 aliphatic heterocycles. The number of hydrogen-bond acceptors (Lipinski definition) is 12. The lowest BCUT2D eigenvalue weighted by atomic mass is 10.1. The van der Waals surface area contributed by atoms with Gasteiger partial charge in [-0.25, -0.2) is 0 Å². The van der Waals surface area contributed by atoms with E-state index in [0.717, 1.165) is 35.7 Å². The van der Waals surface area contributed by atoms with Crippen LogP contribution in [-0.2, 0) is 50.1 Å². The molecule has 0 radical (unpaired) electrons. The quantitative estimate of drug-likeness (QED) is 0.0481. The van der Waals surface area contributed by atoms with Crippen LogP contribution in [0.3, 0.4) is 0 Å². The number of unbranched alkanes of at least 4 members (excludes halogenated alkanes) is 2. The topological polar surface area (TPSA) is 210 Å². The van der Waals surface area contributed by atoms with Crippen LogP contribution in [0.15, 0.2) is 85.5 Å². The van der Waals surface area contributed by atoms with Crippen molar-refractivity contribution in [2.45, 2.75) is 76.8 Å². The number of hydrogen-bond donors (Lipinski definition) is 5. The molecule has 2 unspecified atom stereocenters. The van der Waals surface area contributed by atoms with Crippen molar-refractivity contribution in [1.82, 2.24) is 51.2 Å². The number of pyridine rings is 3. The highest BCUT2D eigenvalue weighted by Crippen LogP contribution is 2.12. The maximum Gasteiger partial charge on any atom is 0.264 e. The van der Waals surface area contributed by atoms with Crippen molar-refractivity contribution in [3.05, 3.63) is 120 Å². The first-order valence-corrected chi connectivity index (χ1v) is 19.1. The molecule has 57 heavy (non-hydrogen) atoms. The van der Waals surface area contributed by atoms with Gasteiger partial charge < -0.3 is 21.1 Å². The van der Waals surface area contributed by atoms with Crippen LogP contribution in [0.5, 0.6) is 0 Å². The third kappa shape index (κ3) is 17.6. The van der Waals surface area contributed by atoms with E-state index in [-0.39, 0.29) is 6.61 Å². The van der Waals surface area contributed by atoms with Gasteiger partial charge in [0.25, 0.3) is 11.8 Å². The van der Waals surface area contributed by atoms with E-state index < -0.39 is 42.3 Å². The first kappa shape index (κ1) is 43.9. The van der Waals surface area contributed by atoms with E-state index in [1.54, 1.807) is 30.9 Å². The number of carbonyl (C=O) groups excluding carboxylic acids is 4. The minimum Gasteiger partial charge on any atom is -0.375 e. The lowest BCUT2D eigenvalue weighted by Gasteiger charge is -2.23. The predicted molar refractivity (Wildman–Crippen MR) is 212 cm³/mol. The van der Waals surface area contributed by atoms with Crippen molar-refractivity contribution in [2.24, 2.45) is 5.73 Å². The number of ether oxygens (including phenoxy) is 1. The molecule has 4 heterocycles. The van der Waals surface area contributed by atoms with Gasteiger partial charge in [0.05, 0.1) is 41.6 Å². The van der Waals surface area contributed by atoms with Gasteiger partial charge in [0.1, 0.15) is 12.6 Å². The van der Waals surface area contributed by atoms with Crippen molar-refractivity contribution in [3.63, 3.8) is 0 Å². The zero-order valence-corrected chi connectivity index (χ0v) is 32.4. The van der Waals surface area contributed by atoms with E-state index in [1.165, 1.54) is 7.11 Å². The predicted octanol–water partition coefficient (Wildman–Crippen LogP) is 1.63. The summed E-state index contributed by atoms with van der Waals surface area (Å²) in [7, 11) is 1.35. The largest absolute Gasteiger partial charge is 0.375 e. The van der Waals surface area contributed by atoms with E-state index in [4.69, 9.17) is 10.5 Å². The molecule has 4 amide bonds. The van der Waals surface area contributed by atoms with E-state index in [2.05, 4.69) is 63.4 Å². The molecule has 0 saturated carbocycles. The van der Waals surface area contributed by atoms with Crippen molar-refractivity contribution >= 4 is 23.6 Å². The Morgan fingerprint density at radius 1 is 0.684 bits per heavy atom. The third-order valence-electron chi connectivity index (χ3n) is 8.80. The zero-order chi connectivity index (χ0) is 40.5. The molecular weight excluding hydrogens is 727 g/mol. The number of rotatable bonds is 25. The smallest absolute Gasteiger partial charge is 0.264 e. The average molecular weight is 780 g/mol. The van der Waals surface area contributed by atoms with Crippen molar-refractivity contribution in [2.75, 3.05) is 33.4 Å². The lowest BCUT2D eigenvalue weighted by molar-refractivity contribution is -0.132. The molecule has 16 heteroatoms. The van der Waals surface area contributed by atoms with Crippen LogP contribution in [-0.4, -0.2) is 98.8 Å². The van der Waals surface area contributed by atoms with Crippen LogP contribution in [0.2, 0.25) is 0 Å². The number of carbonyl (C=O) groups is 4. The van der Waals surface area contributed by atoms with Gasteiger partial charge in [-0.15, -0.1) is 0 Å². The molecule has 16 nitrogen and oxygen atoms in total. The van der Waals surface area contributed by atoms with Crippen molar-refractivity contribution < 1.29 is 23.9 Å². The van der Waals surface area contributed by atoms with Crippen LogP contribution in [0.1, 0.15) is 61.3 Å². The summed E-state index contributed by atoms with van der Waals surface area (Å²) in [4.78, 5) is 73.0. The monoisotopic (exact) mass is 779 g/mol. The normalized spacial score (nSPS) is 12.0. The molecule has 0 saturated heterocycles. The number of nitrogens with zero attached hydrogens (tertiary/aromatic N) is 6. The van der Waals surface area contributed by atoms with Crippen LogP contribution in [0.4, 0.5) is 0 Å². The van der Waals surface area contributed by atoms with Crippen LogP contribution >= 0.6 is 0 Å². The summed E-state index contributed by atoms with van der Waals surface area (Å²) >= 11 is 0. The summed E-state index contributed by atoms with van der Waals surface area (Å²) in [5.41, 5.74) is 14.4. The van der Waals surface area contributed by atoms with Gasteiger partial charge in [0, 0.05) is 57.9 Å². The molecule has 4 aromatic rings. The maximum absolute atomic E-state index is 13.4. The number of aromatic nitrogens is 4. The minimum absolute atomic E-state index is 0.242. The molecule has 2 atom stereocenters. The van der Waals surface area contributed by atoms with Crippen LogP contribution in [0.25, 0.3) is 0 Å². The van der Waals surface area contributed by atoms with Gasteiger partial charge in [-0.1, -0.05) is 36.8 Å².